The number of benzene rings is 1. The van der Waals surface area contributed by atoms with Crippen LogP contribution in [0.5, 0.6) is 0 Å². The van der Waals surface area contributed by atoms with Crippen molar-refractivity contribution in [2.45, 2.75) is 52.0 Å². The quantitative estimate of drug-likeness (QED) is 0.820. The first-order valence-electron chi connectivity index (χ1n) is 6.73. The SMILES string of the molecule is CC(C)P(NC1=NCc2ccccc2C1)C(C)C. The summed E-state index contributed by atoms with van der Waals surface area (Å²) in [4.78, 5) is 4.70. The topological polar surface area (TPSA) is 24.4 Å². The number of rotatable bonds is 3. The summed E-state index contributed by atoms with van der Waals surface area (Å²) in [6, 6.07) is 8.62. The molecule has 0 aliphatic carbocycles. The number of nitrogens with zero attached hydrogens (tertiary/aromatic N) is 1. The Morgan fingerprint density at radius 1 is 1.06 bits per heavy atom. The minimum atomic E-state index is -0.172. The van der Waals surface area contributed by atoms with Gasteiger partial charge in [-0.3, -0.25) is 4.99 Å². The minimum Gasteiger partial charge on any atom is -0.352 e. The van der Waals surface area contributed by atoms with Crippen molar-refractivity contribution >= 4 is 13.9 Å². The van der Waals surface area contributed by atoms with Crippen LogP contribution in [-0.4, -0.2) is 17.2 Å². The molecule has 1 N–H and O–H groups in total. The molecule has 0 amide bonds. The zero-order chi connectivity index (χ0) is 13.1. The van der Waals surface area contributed by atoms with Gasteiger partial charge in [-0.2, -0.15) is 0 Å². The van der Waals surface area contributed by atoms with Crippen LogP contribution in [0.2, 0.25) is 0 Å². The smallest absolute Gasteiger partial charge is 0.104 e. The molecule has 0 unspecified atom stereocenters. The molecule has 2 rings (SSSR count). The summed E-state index contributed by atoms with van der Waals surface area (Å²) in [6.45, 7) is 10.0. The van der Waals surface area contributed by atoms with Gasteiger partial charge in [-0.05, 0) is 30.5 Å². The zero-order valence-corrected chi connectivity index (χ0v) is 12.7. The highest BCUT2D eigenvalue weighted by molar-refractivity contribution is 7.57. The number of hydrogen-bond acceptors (Lipinski definition) is 2. The lowest BCUT2D eigenvalue weighted by molar-refractivity contribution is 0.945. The monoisotopic (exact) mass is 262 g/mol. The molecule has 0 fully saturated rings. The summed E-state index contributed by atoms with van der Waals surface area (Å²) in [5.74, 6) is 1.18. The van der Waals surface area contributed by atoms with Crippen molar-refractivity contribution in [1.29, 1.82) is 0 Å². The predicted octanol–water partition coefficient (Wildman–Crippen LogP) is 3.94. The Balaban J connectivity index is 2.06. The molecular formula is C15H23N2P. The van der Waals surface area contributed by atoms with E-state index in [4.69, 9.17) is 4.99 Å². The third kappa shape index (κ3) is 3.11. The van der Waals surface area contributed by atoms with Crippen molar-refractivity contribution < 1.29 is 0 Å². The average Bonchev–Trinajstić information content (AvgIpc) is 2.35. The van der Waals surface area contributed by atoms with Crippen LogP contribution in [0.4, 0.5) is 0 Å². The van der Waals surface area contributed by atoms with Crippen LogP contribution in [-0.2, 0) is 13.0 Å². The molecule has 3 heteroatoms. The van der Waals surface area contributed by atoms with E-state index in [1.807, 2.05) is 0 Å². The van der Waals surface area contributed by atoms with E-state index in [1.165, 1.54) is 17.0 Å². The zero-order valence-electron chi connectivity index (χ0n) is 11.8. The van der Waals surface area contributed by atoms with E-state index in [0.717, 1.165) is 13.0 Å². The molecule has 0 saturated carbocycles. The van der Waals surface area contributed by atoms with E-state index in [1.54, 1.807) is 0 Å². The Bertz CT molecular complexity index is 430. The molecular weight excluding hydrogens is 239 g/mol. The van der Waals surface area contributed by atoms with Gasteiger partial charge in [0.15, 0.2) is 0 Å². The normalized spacial score (nSPS) is 14.9. The Morgan fingerprint density at radius 2 is 1.67 bits per heavy atom. The average molecular weight is 262 g/mol. The second-order valence-electron chi connectivity index (χ2n) is 5.41. The summed E-state index contributed by atoms with van der Waals surface area (Å²) in [5, 5.41) is 3.71. The highest BCUT2D eigenvalue weighted by atomic mass is 31.1. The lowest BCUT2D eigenvalue weighted by Gasteiger charge is -2.29. The number of hydrogen-bond donors (Lipinski definition) is 1. The second-order valence-corrected chi connectivity index (χ2v) is 8.52. The van der Waals surface area contributed by atoms with Gasteiger partial charge >= 0.3 is 0 Å². The fourth-order valence-electron chi connectivity index (χ4n) is 2.38. The Kier molecular flexibility index (Phi) is 4.40. The molecule has 0 bridgehead atoms. The predicted molar refractivity (Wildman–Crippen MR) is 81.6 cm³/mol. The van der Waals surface area contributed by atoms with E-state index >= 15 is 0 Å². The number of fused-ring (bicyclic) bond motifs is 1. The van der Waals surface area contributed by atoms with Gasteiger partial charge in [0.05, 0.1) is 6.54 Å². The van der Waals surface area contributed by atoms with Crippen LogP contribution < -0.4 is 5.09 Å². The van der Waals surface area contributed by atoms with Gasteiger partial charge in [0.2, 0.25) is 0 Å². The Labute approximate surface area is 112 Å². The van der Waals surface area contributed by atoms with Crippen LogP contribution in [0.1, 0.15) is 38.8 Å². The molecule has 0 spiro atoms. The molecule has 1 aromatic rings. The number of nitrogens with one attached hydrogen (secondary N) is 1. The van der Waals surface area contributed by atoms with Crippen molar-refractivity contribution in [1.82, 2.24) is 5.09 Å². The van der Waals surface area contributed by atoms with Crippen molar-refractivity contribution in [3.05, 3.63) is 35.4 Å². The highest BCUT2D eigenvalue weighted by Gasteiger charge is 2.20. The first kappa shape index (κ1) is 13.5. The molecule has 0 aromatic heterocycles. The molecule has 1 aliphatic rings. The number of amidine groups is 1. The molecule has 18 heavy (non-hydrogen) atoms. The maximum Gasteiger partial charge on any atom is 0.104 e. The van der Waals surface area contributed by atoms with E-state index in [-0.39, 0.29) is 8.07 Å². The molecule has 0 atom stereocenters. The van der Waals surface area contributed by atoms with Gasteiger partial charge in [0, 0.05) is 6.42 Å². The third-order valence-corrected chi connectivity index (χ3v) is 6.03. The second kappa shape index (κ2) is 5.84. The molecule has 1 aromatic carbocycles. The van der Waals surface area contributed by atoms with Gasteiger partial charge in [-0.15, -0.1) is 0 Å². The lowest BCUT2D eigenvalue weighted by Crippen LogP contribution is -2.29. The molecule has 0 radical (unpaired) electrons. The lowest BCUT2D eigenvalue weighted by atomic mass is 10.0. The van der Waals surface area contributed by atoms with Gasteiger partial charge in [-0.25, -0.2) is 0 Å². The maximum atomic E-state index is 4.70. The van der Waals surface area contributed by atoms with Crippen LogP contribution in [0.25, 0.3) is 0 Å². The summed E-state index contributed by atoms with van der Waals surface area (Å²) >= 11 is 0. The Hall–Kier alpha value is -0.880. The van der Waals surface area contributed by atoms with Crippen molar-refractivity contribution in [2.24, 2.45) is 4.99 Å². The number of aliphatic imine (C=N–C) groups is 1. The van der Waals surface area contributed by atoms with Gasteiger partial charge in [-0.1, -0.05) is 52.0 Å². The van der Waals surface area contributed by atoms with Crippen LogP contribution in [0.15, 0.2) is 29.3 Å². The van der Waals surface area contributed by atoms with Crippen LogP contribution in [0, 0.1) is 0 Å². The molecule has 1 aliphatic heterocycles. The summed E-state index contributed by atoms with van der Waals surface area (Å²) in [7, 11) is -0.172. The van der Waals surface area contributed by atoms with E-state index in [2.05, 4.69) is 57.0 Å². The molecule has 98 valence electrons. The van der Waals surface area contributed by atoms with Crippen LogP contribution in [0.3, 0.4) is 0 Å². The molecule has 1 heterocycles. The van der Waals surface area contributed by atoms with Crippen molar-refractivity contribution in [2.75, 3.05) is 0 Å². The van der Waals surface area contributed by atoms with Crippen molar-refractivity contribution in [3.63, 3.8) is 0 Å². The van der Waals surface area contributed by atoms with Gasteiger partial charge in [0.25, 0.3) is 0 Å². The summed E-state index contributed by atoms with van der Waals surface area (Å²) in [5.41, 5.74) is 4.19. The molecule has 0 saturated heterocycles. The first-order chi connectivity index (χ1) is 8.58. The van der Waals surface area contributed by atoms with E-state index in [9.17, 15) is 0 Å². The van der Waals surface area contributed by atoms with E-state index < -0.39 is 0 Å². The standard InChI is InChI=1S/C15H23N2P/c1-11(2)18(12(3)4)17-15-9-13-7-5-6-8-14(13)10-16-15/h5-8,11-12H,9-10H2,1-4H3,(H,16,17). The van der Waals surface area contributed by atoms with E-state index in [0.29, 0.717) is 11.3 Å². The summed E-state index contributed by atoms with van der Waals surface area (Å²) < 4.78 is 0. The van der Waals surface area contributed by atoms with Crippen molar-refractivity contribution in [3.8, 4) is 0 Å². The van der Waals surface area contributed by atoms with Gasteiger partial charge in [0.1, 0.15) is 5.84 Å². The third-order valence-electron chi connectivity index (χ3n) is 3.29. The minimum absolute atomic E-state index is 0.172. The largest absolute Gasteiger partial charge is 0.352 e. The highest BCUT2D eigenvalue weighted by Crippen LogP contribution is 2.42. The van der Waals surface area contributed by atoms with Gasteiger partial charge < -0.3 is 5.09 Å². The van der Waals surface area contributed by atoms with Crippen LogP contribution >= 0.6 is 8.07 Å². The summed E-state index contributed by atoms with van der Waals surface area (Å²) in [6.07, 6.45) is 0.967. The fraction of sp³-hybridized carbons (Fsp3) is 0.533. The first-order valence-corrected chi connectivity index (χ1v) is 8.21. The molecule has 2 nitrogen and oxygen atoms in total. The maximum absolute atomic E-state index is 4.70. The Morgan fingerprint density at radius 3 is 2.28 bits per heavy atom. The fourth-order valence-corrected chi connectivity index (χ4v) is 4.54.